The molecule has 1 heterocycles. The lowest BCUT2D eigenvalue weighted by Gasteiger charge is -2.40. The van der Waals surface area contributed by atoms with Crippen LogP contribution in [0.25, 0.3) is 11.1 Å². The van der Waals surface area contributed by atoms with Crippen LogP contribution < -0.4 is 9.47 Å². The van der Waals surface area contributed by atoms with Gasteiger partial charge in [-0.3, -0.25) is 0 Å². The highest BCUT2D eigenvalue weighted by molar-refractivity contribution is 5.70. The lowest BCUT2D eigenvalue weighted by Crippen LogP contribution is -2.43. The lowest BCUT2D eigenvalue weighted by atomic mass is 9.73. The Labute approximate surface area is 220 Å². The number of hydrogen-bond donors (Lipinski definition) is 1. The van der Waals surface area contributed by atoms with E-state index in [1.54, 1.807) is 19.2 Å². The summed E-state index contributed by atoms with van der Waals surface area (Å²) in [6.07, 6.45) is -0.388. The van der Waals surface area contributed by atoms with E-state index in [1.807, 2.05) is 0 Å². The Morgan fingerprint density at radius 2 is 1.72 bits per heavy atom. The van der Waals surface area contributed by atoms with Crippen LogP contribution in [0.4, 0.5) is 26.3 Å². The first kappa shape index (κ1) is 26.0. The fraction of sp³-hybridized carbons (Fsp3) is 0.414. The molecule has 0 bridgehead atoms. The van der Waals surface area contributed by atoms with Crippen molar-refractivity contribution >= 4 is 0 Å². The molecular weight excluding hydrogens is 524 g/mol. The molecule has 0 amide bonds. The van der Waals surface area contributed by atoms with E-state index in [1.165, 1.54) is 5.56 Å². The molecule has 2 atom stereocenters. The Kier molecular flexibility index (Phi) is 6.09. The van der Waals surface area contributed by atoms with E-state index in [-0.39, 0.29) is 24.0 Å². The van der Waals surface area contributed by atoms with Crippen molar-refractivity contribution in [2.75, 3.05) is 6.61 Å². The Morgan fingerprint density at radius 3 is 2.38 bits per heavy atom. The number of alkyl halides is 3. The second-order valence-corrected chi connectivity index (χ2v) is 11.2. The topological polar surface area (TPSA) is 51.6 Å². The van der Waals surface area contributed by atoms with Gasteiger partial charge in [-0.2, -0.15) is 13.2 Å². The van der Waals surface area contributed by atoms with Gasteiger partial charge in [-0.05, 0) is 96.9 Å². The molecule has 4 nitrogen and oxygen atoms in total. The molecule has 3 aliphatic carbocycles. The fourth-order valence-electron chi connectivity index (χ4n) is 5.92. The quantitative estimate of drug-likeness (QED) is 0.324. The van der Waals surface area contributed by atoms with Crippen molar-refractivity contribution in [3.05, 3.63) is 76.2 Å². The van der Waals surface area contributed by atoms with E-state index in [4.69, 9.17) is 9.47 Å². The smallest absolute Gasteiger partial charge is 0.417 e. The zero-order valence-electron chi connectivity index (χ0n) is 20.9. The van der Waals surface area contributed by atoms with Crippen LogP contribution in [0.2, 0.25) is 0 Å². The molecule has 6 rings (SSSR count). The van der Waals surface area contributed by atoms with Gasteiger partial charge in [-0.1, -0.05) is 0 Å². The molecule has 2 saturated carbocycles. The van der Waals surface area contributed by atoms with Crippen molar-refractivity contribution < 1.29 is 40.9 Å². The van der Waals surface area contributed by atoms with Gasteiger partial charge >= 0.3 is 6.18 Å². The van der Waals surface area contributed by atoms with E-state index in [0.29, 0.717) is 30.7 Å². The second kappa shape index (κ2) is 9.15. The summed E-state index contributed by atoms with van der Waals surface area (Å²) < 4.78 is 96.7. The third kappa shape index (κ3) is 5.06. The summed E-state index contributed by atoms with van der Waals surface area (Å²) in [5.41, 5.74) is -1.18. The van der Waals surface area contributed by atoms with Crippen LogP contribution in [0.3, 0.4) is 0 Å². The van der Waals surface area contributed by atoms with E-state index in [0.717, 1.165) is 36.6 Å². The Hall–Kier alpha value is -3.27. The normalized spacial score (nSPS) is 25.1. The minimum absolute atomic E-state index is 0.0484. The zero-order valence-corrected chi connectivity index (χ0v) is 20.9. The zero-order chi connectivity index (χ0) is 27.7. The summed E-state index contributed by atoms with van der Waals surface area (Å²) in [6.45, 7) is 1.17. The molecule has 1 N–H and O–H groups in total. The number of aliphatic hydroxyl groups is 1. The van der Waals surface area contributed by atoms with Gasteiger partial charge in [0.1, 0.15) is 12.4 Å². The minimum Gasteiger partial charge on any atom is -0.487 e. The molecule has 1 aromatic heterocycles. The van der Waals surface area contributed by atoms with Gasteiger partial charge in [0.25, 0.3) is 0 Å². The number of pyridine rings is 1. The maximum atomic E-state index is 14.8. The Morgan fingerprint density at radius 1 is 1.00 bits per heavy atom. The molecular formula is C29H25F6NO3. The van der Waals surface area contributed by atoms with Gasteiger partial charge in [0.2, 0.25) is 5.88 Å². The summed E-state index contributed by atoms with van der Waals surface area (Å²) in [5.74, 6) is -2.97. The van der Waals surface area contributed by atoms with Crippen LogP contribution in [-0.2, 0) is 19.2 Å². The first-order valence-corrected chi connectivity index (χ1v) is 12.7. The maximum Gasteiger partial charge on any atom is 0.417 e. The molecule has 2 fully saturated rings. The van der Waals surface area contributed by atoms with E-state index < -0.39 is 58.3 Å². The highest BCUT2D eigenvalue weighted by Gasteiger charge is 2.45. The van der Waals surface area contributed by atoms with Gasteiger partial charge in [-0.15, -0.1) is 0 Å². The number of hydrogen-bond acceptors (Lipinski definition) is 4. The van der Waals surface area contributed by atoms with E-state index >= 15 is 0 Å². The molecule has 2 aromatic carbocycles. The number of fused-ring (bicyclic) bond motifs is 3. The van der Waals surface area contributed by atoms with Crippen LogP contribution in [0, 0.1) is 29.3 Å². The monoisotopic (exact) mass is 549 g/mol. The fourth-order valence-corrected chi connectivity index (χ4v) is 5.92. The van der Waals surface area contributed by atoms with E-state index in [9.17, 15) is 31.4 Å². The molecule has 10 heteroatoms. The molecule has 3 aromatic rings. The number of aromatic nitrogens is 1. The minimum atomic E-state index is -4.98. The summed E-state index contributed by atoms with van der Waals surface area (Å²) in [4.78, 5) is 4.24. The summed E-state index contributed by atoms with van der Waals surface area (Å²) in [6, 6.07) is 4.43. The number of rotatable bonds is 7. The number of ether oxygens (including phenoxy) is 2. The first-order chi connectivity index (χ1) is 18.4. The van der Waals surface area contributed by atoms with Crippen molar-refractivity contribution in [2.24, 2.45) is 11.8 Å². The lowest BCUT2D eigenvalue weighted by molar-refractivity contribution is -0.137. The summed E-state index contributed by atoms with van der Waals surface area (Å²) in [7, 11) is 0. The molecule has 0 saturated heterocycles. The predicted octanol–water partition coefficient (Wildman–Crippen LogP) is 6.96. The van der Waals surface area contributed by atoms with Crippen molar-refractivity contribution in [1.82, 2.24) is 4.98 Å². The average Bonchev–Trinajstić information content (AvgIpc) is 3.51. The van der Waals surface area contributed by atoms with E-state index in [2.05, 4.69) is 4.98 Å². The highest BCUT2D eigenvalue weighted by atomic mass is 19.4. The SMILES string of the molecule is CC1(O)CC(COc2c(F)cc(-c3cc(COc4cc5c(cn4)[C@@H]4C[C@@H]4C5)c(F)cc3C(F)(F)F)cc2F)C1. The molecule has 0 radical (unpaired) electrons. The number of benzene rings is 2. The van der Waals surface area contributed by atoms with Gasteiger partial charge in [-0.25, -0.2) is 18.2 Å². The van der Waals surface area contributed by atoms with Crippen molar-refractivity contribution in [3.63, 3.8) is 0 Å². The maximum absolute atomic E-state index is 14.8. The highest BCUT2D eigenvalue weighted by Crippen LogP contribution is 2.56. The van der Waals surface area contributed by atoms with Gasteiger partial charge in [0, 0.05) is 17.8 Å². The van der Waals surface area contributed by atoms with Gasteiger partial charge in [0.05, 0.1) is 17.8 Å². The van der Waals surface area contributed by atoms with Crippen molar-refractivity contribution in [2.45, 2.75) is 56.9 Å². The largest absolute Gasteiger partial charge is 0.487 e. The molecule has 3 aliphatic rings. The predicted molar refractivity (Wildman–Crippen MR) is 129 cm³/mol. The Balaban J connectivity index is 1.25. The van der Waals surface area contributed by atoms with Crippen molar-refractivity contribution in [3.8, 4) is 22.8 Å². The molecule has 0 spiro atoms. The van der Waals surface area contributed by atoms with Gasteiger partial charge < -0.3 is 14.6 Å². The summed E-state index contributed by atoms with van der Waals surface area (Å²) >= 11 is 0. The average molecular weight is 550 g/mol. The van der Waals surface area contributed by atoms with Crippen LogP contribution in [0.15, 0.2) is 36.5 Å². The van der Waals surface area contributed by atoms with Crippen LogP contribution in [0.5, 0.6) is 11.6 Å². The summed E-state index contributed by atoms with van der Waals surface area (Å²) in [5, 5.41) is 9.80. The first-order valence-electron chi connectivity index (χ1n) is 12.7. The number of halogens is 6. The molecule has 0 unspecified atom stereocenters. The number of nitrogens with zero attached hydrogens (tertiary/aromatic N) is 1. The third-order valence-corrected chi connectivity index (χ3v) is 7.90. The van der Waals surface area contributed by atoms with Crippen LogP contribution in [0.1, 0.15) is 54.4 Å². The van der Waals surface area contributed by atoms with Crippen LogP contribution in [-0.4, -0.2) is 22.3 Å². The standard InChI is InChI=1S/C29H25F6NO3/c1-28(37)9-14(10-28)12-39-27-24(31)5-17(6-25(27)32)20-4-18(23(30)8-22(20)29(33,34)35)13-38-26-7-16-2-15-3-19(15)21(16)11-36-26/h4-8,11,14-15,19,37H,2-3,9-10,12-13H2,1H3/t14?,15-,19+,28?/m0/s1. The molecule has 206 valence electrons. The second-order valence-electron chi connectivity index (χ2n) is 11.2. The molecule has 0 aliphatic heterocycles. The molecule has 39 heavy (non-hydrogen) atoms. The van der Waals surface area contributed by atoms with Crippen LogP contribution >= 0.6 is 0 Å². The third-order valence-electron chi connectivity index (χ3n) is 7.90. The van der Waals surface area contributed by atoms with Crippen molar-refractivity contribution in [1.29, 1.82) is 0 Å². The van der Waals surface area contributed by atoms with Gasteiger partial charge in [0.15, 0.2) is 17.4 Å². The Bertz CT molecular complexity index is 1420.